The van der Waals surface area contributed by atoms with Crippen molar-refractivity contribution in [3.8, 4) is 0 Å². The molecule has 1 aromatic heterocycles. The van der Waals surface area contributed by atoms with Gasteiger partial charge in [0.2, 0.25) is 0 Å². The van der Waals surface area contributed by atoms with Crippen molar-refractivity contribution >= 4 is 16.9 Å². The molecule has 1 N–H and O–H groups in total. The Hall–Kier alpha value is -1.77. The summed E-state index contributed by atoms with van der Waals surface area (Å²) in [4.78, 5) is 10.6. The van der Waals surface area contributed by atoms with E-state index in [4.69, 9.17) is 5.11 Å². The van der Waals surface area contributed by atoms with Crippen molar-refractivity contribution in [1.29, 1.82) is 0 Å². The molecule has 3 nitrogen and oxygen atoms in total. The van der Waals surface area contributed by atoms with E-state index in [1.165, 1.54) is 5.92 Å². The molecule has 0 aliphatic heterocycles. The summed E-state index contributed by atoms with van der Waals surface area (Å²) in [6.07, 6.45) is 2.13. The van der Waals surface area contributed by atoms with Crippen molar-refractivity contribution < 1.29 is 9.90 Å². The molecule has 1 aromatic carbocycles. The Morgan fingerprint density at radius 2 is 2.06 bits per heavy atom. The maximum atomic E-state index is 10.6. The van der Waals surface area contributed by atoms with Gasteiger partial charge in [-0.1, -0.05) is 19.9 Å². The first kappa shape index (κ1) is 11.7. The van der Waals surface area contributed by atoms with Crippen LogP contribution in [-0.4, -0.2) is 15.6 Å². The number of nitrogens with zero attached hydrogens (tertiary/aromatic N) is 1. The van der Waals surface area contributed by atoms with E-state index < -0.39 is 5.97 Å². The molecule has 0 unspecified atom stereocenters. The number of hydrogen-bond donors (Lipinski definition) is 1. The van der Waals surface area contributed by atoms with Crippen LogP contribution in [0, 0.1) is 5.92 Å². The third-order valence-corrected chi connectivity index (χ3v) is 2.68. The highest BCUT2D eigenvalue weighted by Crippen LogP contribution is 2.19. The summed E-state index contributed by atoms with van der Waals surface area (Å²) >= 11 is 0. The van der Waals surface area contributed by atoms with Crippen LogP contribution in [0.25, 0.3) is 10.9 Å². The molecule has 0 amide bonds. The highest BCUT2D eigenvalue weighted by Gasteiger charge is 2.06. The van der Waals surface area contributed by atoms with Gasteiger partial charge in [-0.2, -0.15) is 0 Å². The minimum Gasteiger partial charge on any atom is -0.481 e. The summed E-state index contributed by atoms with van der Waals surface area (Å²) < 4.78 is 2.18. The first-order valence-electron chi connectivity index (χ1n) is 5.65. The zero-order valence-corrected chi connectivity index (χ0v) is 10.1. The summed E-state index contributed by atoms with van der Waals surface area (Å²) in [5, 5.41) is 9.86. The lowest BCUT2D eigenvalue weighted by Crippen LogP contribution is -2.02. The van der Waals surface area contributed by atoms with Crippen LogP contribution in [0.5, 0.6) is 0 Å². The van der Waals surface area contributed by atoms with E-state index >= 15 is 0 Å². The van der Waals surface area contributed by atoms with Gasteiger partial charge in [-0.05, 0) is 35.1 Å². The molecular formula is C14H16NO2. The number of carbonyl (C=O) groups is 1. The van der Waals surface area contributed by atoms with Crippen LogP contribution in [0.4, 0.5) is 0 Å². The molecule has 2 rings (SSSR count). The molecule has 1 radical (unpaired) electrons. The van der Waals surface area contributed by atoms with Gasteiger partial charge in [0.15, 0.2) is 0 Å². The second kappa shape index (κ2) is 4.62. The molecule has 0 aliphatic carbocycles. The lowest BCUT2D eigenvalue weighted by Gasteiger charge is -2.08. The molecule has 89 valence electrons. The molecule has 0 aliphatic rings. The first-order chi connectivity index (χ1) is 8.06. The lowest BCUT2D eigenvalue weighted by atomic mass is 10.1. The Balaban J connectivity index is 2.34. The van der Waals surface area contributed by atoms with E-state index in [9.17, 15) is 4.79 Å². The average Bonchev–Trinajstić information content (AvgIpc) is 2.59. The van der Waals surface area contributed by atoms with Crippen LogP contribution in [-0.2, 0) is 17.8 Å². The second-order valence-electron chi connectivity index (χ2n) is 4.61. The predicted octanol–water partition coefficient (Wildman–Crippen LogP) is 2.88. The van der Waals surface area contributed by atoms with Gasteiger partial charge in [0, 0.05) is 18.3 Å². The molecule has 0 atom stereocenters. The van der Waals surface area contributed by atoms with Crippen LogP contribution in [0.2, 0.25) is 0 Å². The van der Waals surface area contributed by atoms with Crippen LogP contribution in [0.3, 0.4) is 0 Å². The number of carboxylic acid groups (broad SMARTS) is 1. The smallest absolute Gasteiger partial charge is 0.307 e. The predicted molar refractivity (Wildman–Crippen MR) is 67.9 cm³/mol. The summed E-state index contributed by atoms with van der Waals surface area (Å²) in [5.74, 6) is 0.554. The summed E-state index contributed by atoms with van der Waals surface area (Å²) in [5.41, 5.74) is 2.00. The number of aliphatic carboxylic acids is 1. The van der Waals surface area contributed by atoms with Crippen molar-refractivity contribution in [2.24, 2.45) is 0 Å². The molecule has 0 bridgehead atoms. The molecular weight excluding hydrogens is 214 g/mol. The number of fused-ring (bicyclic) bond motifs is 1. The van der Waals surface area contributed by atoms with Gasteiger partial charge >= 0.3 is 5.97 Å². The largest absolute Gasteiger partial charge is 0.481 e. The Bertz CT molecular complexity index is 540. The molecule has 1 heterocycles. The highest BCUT2D eigenvalue weighted by molar-refractivity contribution is 5.82. The third-order valence-electron chi connectivity index (χ3n) is 2.68. The van der Waals surface area contributed by atoms with Crippen molar-refractivity contribution in [3.63, 3.8) is 0 Å². The molecule has 3 heteroatoms. The minimum absolute atomic E-state index is 0.0834. The molecule has 0 saturated heterocycles. The minimum atomic E-state index is -0.790. The van der Waals surface area contributed by atoms with E-state index in [-0.39, 0.29) is 6.42 Å². The number of carboxylic acids is 1. The maximum Gasteiger partial charge on any atom is 0.307 e. The topological polar surface area (TPSA) is 42.2 Å². The molecule has 2 aromatic rings. The van der Waals surface area contributed by atoms with E-state index in [2.05, 4.69) is 18.4 Å². The normalized spacial score (nSPS) is 11.2. The lowest BCUT2D eigenvalue weighted by molar-refractivity contribution is -0.136. The number of aromatic nitrogens is 1. The number of hydrogen-bond acceptors (Lipinski definition) is 1. The fourth-order valence-corrected chi connectivity index (χ4v) is 2.01. The van der Waals surface area contributed by atoms with Crippen molar-refractivity contribution in [1.82, 2.24) is 4.57 Å². The Kier molecular flexibility index (Phi) is 3.18. The SMILES string of the molecule is C[C](C)Cn1ccc2cc(CC(=O)O)ccc21. The van der Waals surface area contributed by atoms with E-state index in [0.29, 0.717) is 0 Å². The van der Waals surface area contributed by atoms with Crippen LogP contribution in [0.1, 0.15) is 19.4 Å². The average molecular weight is 230 g/mol. The monoisotopic (exact) mass is 230 g/mol. The third kappa shape index (κ3) is 2.67. The zero-order valence-electron chi connectivity index (χ0n) is 10.1. The van der Waals surface area contributed by atoms with Crippen molar-refractivity contribution in [2.75, 3.05) is 0 Å². The summed E-state index contributed by atoms with van der Waals surface area (Å²) in [6.45, 7) is 5.11. The summed E-state index contributed by atoms with van der Waals surface area (Å²) in [6, 6.07) is 7.86. The number of rotatable bonds is 4. The fraction of sp³-hybridized carbons (Fsp3) is 0.286. The van der Waals surface area contributed by atoms with Crippen LogP contribution in [0.15, 0.2) is 30.5 Å². The summed E-state index contributed by atoms with van der Waals surface area (Å²) in [7, 11) is 0. The standard InChI is InChI=1S/C14H16NO2/c1-10(2)9-15-6-5-12-7-11(8-14(16)17)3-4-13(12)15/h3-7H,8-9H2,1-2H3,(H,16,17). The molecule has 0 spiro atoms. The Morgan fingerprint density at radius 3 is 2.71 bits per heavy atom. The Morgan fingerprint density at radius 1 is 1.29 bits per heavy atom. The van der Waals surface area contributed by atoms with Crippen LogP contribution < -0.4 is 0 Å². The van der Waals surface area contributed by atoms with Gasteiger partial charge in [-0.15, -0.1) is 0 Å². The van der Waals surface area contributed by atoms with Gasteiger partial charge in [0.25, 0.3) is 0 Å². The van der Waals surface area contributed by atoms with Crippen LogP contribution >= 0.6 is 0 Å². The van der Waals surface area contributed by atoms with Gasteiger partial charge in [-0.3, -0.25) is 4.79 Å². The van der Waals surface area contributed by atoms with E-state index in [1.807, 2.05) is 30.5 Å². The van der Waals surface area contributed by atoms with Crippen molar-refractivity contribution in [2.45, 2.75) is 26.8 Å². The van der Waals surface area contributed by atoms with E-state index in [1.54, 1.807) is 0 Å². The van der Waals surface area contributed by atoms with E-state index in [0.717, 1.165) is 23.0 Å². The van der Waals surface area contributed by atoms with Gasteiger partial charge in [0.05, 0.1) is 6.42 Å². The zero-order chi connectivity index (χ0) is 12.4. The van der Waals surface area contributed by atoms with Gasteiger partial charge in [-0.25, -0.2) is 0 Å². The first-order valence-corrected chi connectivity index (χ1v) is 5.65. The number of benzene rings is 1. The molecule has 0 saturated carbocycles. The van der Waals surface area contributed by atoms with Gasteiger partial charge in [0.1, 0.15) is 0 Å². The molecule has 17 heavy (non-hydrogen) atoms. The Labute approximate surface area is 101 Å². The van der Waals surface area contributed by atoms with Crippen molar-refractivity contribution in [3.05, 3.63) is 41.9 Å². The van der Waals surface area contributed by atoms with Gasteiger partial charge < -0.3 is 9.67 Å². The highest BCUT2D eigenvalue weighted by atomic mass is 16.4. The molecule has 0 fully saturated rings. The quantitative estimate of drug-likeness (QED) is 0.877. The fourth-order valence-electron chi connectivity index (χ4n) is 2.01. The second-order valence-corrected chi connectivity index (χ2v) is 4.61. The maximum absolute atomic E-state index is 10.6.